The van der Waals surface area contributed by atoms with Gasteiger partial charge >= 0.3 is 6.03 Å². The van der Waals surface area contributed by atoms with E-state index in [0.717, 1.165) is 0 Å². The van der Waals surface area contributed by atoms with Gasteiger partial charge in [0, 0.05) is 17.8 Å². The van der Waals surface area contributed by atoms with Crippen LogP contribution in [0.5, 0.6) is 11.5 Å². The van der Waals surface area contributed by atoms with Crippen molar-refractivity contribution in [3.05, 3.63) is 48.0 Å². The Labute approximate surface area is 178 Å². The van der Waals surface area contributed by atoms with E-state index in [4.69, 9.17) is 9.47 Å². The van der Waals surface area contributed by atoms with E-state index in [-0.39, 0.29) is 11.8 Å². The molecule has 1 fully saturated rings. The molecule has 3 rings (SSSR count). The van der Waals surface area contributed by atoms with Gasteiger partial charge in [-0.2, -0.15) is 0 Å². The van der Waals surface area contributed by atoms with Crippen LogP contribution in [0, 0.1) is 5.92 Å². The van der Waals surface area contributed by atoms with E-state index in [2.05, 4.69) is 10.6 Å². The highest BCUT2D eigenvalue weighted by Crippen LogP contribution is 2.28. The van der Waals surface area contributed by atoms with Crippen LogP contribution >= 0.6 is 0 Å². The van der Waals surface area contributed by atoms with Crippen LogP contribution in [0.1, 0.15) is 55.8 Å². The molecule has 1 aliphatic rings. The summed E-state index contributed by atoms with van der Waals surface area (Å²) in [4.78, 5) is 24.8. The summed E-state index contributed by atoms with van der Waals surface area (Å²) in [5.74, 6) is 1.85. The van der Waals surface area contributed by atoms with Crippen LogP contribution in [-0.2, 0) is 0 Å². The molecule has 0 radical (unpaired) electrons. The van der Waals surface area contributed by atoms with Crippen LogP contribution in [0.3, 0.4) is 0 Å². The molecule has 6 nitrogen and oxygen atoms in total. The summed E-state index contributed by atoms with van der Waals surface area (Å²) < 4.78 is 11.1. The van der Waals surface area contributed by atoms with E-state index < -0.39 is 0 Å². The summed E-state index contributed by atoms with van der Waals surface area (Å²) in [6.07, 6.45) is 6.54. The van der Waals surface area contributed by atoms with Crippen LogP contribution in [0.15, 0.2) is 42.5 Å². The Balaban J connectivity index is 1.65. The molecule has 0 saturated heterocycles. The van der Waals surface area contributed by atoms with Gasteiger partial charge in [0.05, 0.1) is 19.3 Å². The van der Waals surface area contributed by atoms with E-state index in [1.54, 1.807) is 49.6 Å². The number of urea groups is 1. The van der Waals surface area contributed by atoms with Crippen LogP contribution in [-0.4, -0.2) is 25.5 Å². The van der Waals surface area contributed by atoms with E-state index >= 15 is 0 Å². The first-order valence-corrected chi connectivity index (χ1v) is 10.6. The van der Waals surface area contributed by atoms with Crippen molar-refractivity contribution in [3.63, 3.8) is 0 Å². The first-order chi connectivity index (χ1) is 14.6. The van der Waals surface area contributed by atoms with E-state index in [0.29, 0.717) is 47.4 Å². The van der Waals surface area contributed by atoms with Gasteiger partial charge in [-0.3, -0.25) is 4.79 Å². The van der Waals surface area contributed by atoms with Crippen LogP contribution < -0.4 is 20.1 Å². The number of Topliss-reactive ketones (excluding diaryl/α,β-unsaturated/α-hetero) is 1. The molecule has 1 aliphatic carbocycles. The molecule has 0 heterocycles. The Morgan fingerprint density at radius 3 is 2.30 bits per heavy atom. The van der Waals surface area contributed by atoms with Crippen molar-refractivity contribution in [2.75, 3.05) is 24.4 Å². The highest BCUT2D eigenvalue weighted by molar-refractivity contribution is 6.03. The second-order valence-corrected chi connectivity index (χ2v) is 7.61. The zero-order chi connectivity index (χ0) is 21.3. The molecular weight excluding hydrogens is 380 g/mol. The van der Waals surface area contributed by atoms with Crippen molar-refractivity contribution < 1.29 is 19.1 Å². The maximum absolute atomic E-state index is 12.5. The van der Waals surface area contributed by atoms with Gasteiger partial charge in [0.2, 0.25) is 0 Å². The minimum Gasteiger partial charge on any atom is -0.497 e. The highest BCUT2D eigenvalue weighted by atomic mass is 16.5. The largest absolute Gasteiger partial charge is 0.497 e. The monoisotopic (exact) mass is 410 g/mol. The van der Waals surface area contributed by atoms with Gasteiger partial charge in [-0.15, -0.1) is 0 Å². The quantitative estimate of drug-likeness (QED) is 0.532. The molecule has 30 heavy (non-hydrogen) atoms. The molecule has 1 saturated carbocycles. The summed E-state index contributed by atoms with van der Waals surface area (Å²) >= 11 is 0. The molecule has 0 aromatic heterocycles. The number of amides is 2. The molecule has 0 atom stereocenters. The summed E-state index contributed by atoms with van der Waals surface area (Å²) in [6, 6.07) is 11.9. The number of hydrogen-bond donors (Lipinski definition) is 2. The third-order valence-corrected chi connectivity index (χ3v) is 5.41. The third-order valence-electron chi connectivity index (χ3n) is 5.41. The number of methoxy groups -OCH3 is 1. The van der Waals surface area contributed by atoms with Gasteiger partial charge in [-0.05, 0) is 61.2 Å². The molecule has 2 aromatic rings. The van der Waals surface area contributed by atoms with Crippen molar-refractivity contribution in [1.29, 1.82) is 0 Å². The second kappa shape index (κ2) is 10.7. The fourth-order valence-corrected chi connectivity index (χ4v) is 3.67. The number of rotatable bonds is 8. The van der Waals surface area contributed by atoms with Gasteiger partial charge in [0.25, 0.3) is 0 Å². The predicted molar refractivity (Wildman–Crippen MR) is 119 cm³/mol. The first-order valence-electron chi connectivity index (χ1n) is 10.6. The van der Waals surface area contributed by atoms with Gasteiger partial charge in [-0.25, -0.2) is 4.79 Å². The Hall–Kier alpha value is -3.02. The smallest absolute Gasteiger partial charge is 0.323 e. The van der Waals surface area contributed by atoms with Crippen molar-refractivity contribution in [1.82, 2.24) is 0 Å². The highest BCUT2D eigenvalue weighted by Gasteiger charge is 2.17. The van der Waals surface area contributed by atoms with E-state index in [1.165, 1.54) is 32.1 Å². The number of anilines is 2. The van der Waals surface area contributed by atoms with E-state index in [9.17, 15) is 9.59 Å². The van der Waals surface area contributed by atoms with Crippen LogP contribution in [0.4, 0.5) is 16.2 Å². The number of hydrogen-bond acceptors (Lipinski definition) is 4. The van der Waals surface area contributed by atoms with Crippen molar-refractivity contribution in [3.8, 4) is 11.5 Å². The van der Waals surface area contributed by atoms with Crippen molar-refractivity contribution in [2.24, 2.45) is 5.92 Å². The van der Waals surface area contributed by atoms with Gasteiger partial charge in [0.1, 0.15) is 11.5 Å². The number of carbonyl (C=O) groups is 2. The average molecular weight is 411 g/mol. The summed E-state index contributed by atoms with van der Waals surface area (Å²) in [6.45, 7) is 2.46. The predicted octanol–water partition coefficient (Wildman–Crippen LogP) is 5.89. The first kappa shape index (κ1) is 21.7. The Morgan fingerprint density at radius 2 is 1.63 bits per heavy atom. The topological polar surface area (TPSA) is 76.7 Å². The number of ether oxygens (including phenoxy) is 2. The summed E-state index contributed by atoms with van der Waals surface area (Å²) in [5.41, 5.74) is 1.70. The SMILES string of the molecule is CCC(=O)c1cc(NC(=O)Nc2ccc(OC)cc2)ccc1OCC1CCCCC1. The average Bonchev–Trinajstić information content (AvgIpc) is 2.78. The number of ketones is 1. The molecule has 160 valence electrons. The molecule has 0 spiro atoms. The Bertz CT molecular complexity index is 858. The number of carbonyl (C=O) groups excluding carboxylic acids is 2. The molecule has 2 aromatic carbocycles. The Kier molecular flexibility index (Phi) is 7.71. The van der Waals surface area contributed by atoms with Crippen molar-refractivity contribution in [2.45, 2.75) is 45.4 Å². The van der Waals surface area contributed by atoms with Crippen LogP contribution in [0.25, 0.3) is 0 Å². The molecule has 2 N–H and O–H groups in total. The minimum absolute atomic E-state index is 0.00661. The number of nitrogens with one attached hydrogen (secondary N) is 2. The third kappa shape index (κ3) is 5.99. The van der Waals surface area contributed by atoms with Gasteiger partial charge < -0.3 is 20.1 Å². The lowest BCUT2D eigenvalue weighted by molar-refractivity contribution is 0.0982. The maximum atomic E-state index is 12.5. The maximum Gasteiger partial charge on any atom is 0.323 e. The zero-order valence-corrected chi connectivity index (χ0v) is 17.7. The molecule has 0 bridgehead atoms. The van der Waals surface area contributed by atoms with Gasteiger partial charge in [-0.1, -0.05) is 26.2 Å². The molecule has 0 unspecified atom stereocenters. The fourth-order valence-electron chi connectivity index (χ4n) is 3.67. The molecular formula is C24H30N2O4. The zero-order valence-electron chi connectivity index (χ0n) is 17.7. The Morgan fingerprint density at radius 1 is 0.967 bits per heavy atom. The standard InChI is InChI=1S/C24H30N2O4/c1-3-22(27)21-15-19(11-14-23(21)30-16-17-7-5-4-6-8-17)26-24(28)25-18-9-12-20(29-2)13-10-18/h9-15,17H,3-8,16H2,1-2H3,(H2,25,26,28). The van der Waals surface area contributed by atoms with Gasteiger partial charge in [0.15, 0.2) is 5.78 Å². The molecule has 0 aliphatic heterocycles. The molecule has 2 amide bonds. The summed E-state index contributed by atoms with van der Waals surface area (Å²) in [5, 5.41) is 5.55. The van der Waals surface area contributed by atoms with E-state index in [1.807, 2.05) is 6.92 Å². The minimum atomic E-state index is -0.383. The lowest BCUT2D eigenvalue weighted by Crippen LogP contribution is -2.20. The normalized spacial score (nSPS) is 14.1. The van der Waals surface area contributed by atoms with Crippen LogP contribution in [0.2, 0.25) is 0 Å². The summed E-state index contributed by atoms with van der Waals surface area (Å²) in [7, 11) is 1.59. The second-order valence-electron chi connectivity index (χ2n) is 7.61. The fraction of sp³-hybridized carbons (Fsp3) is 0.417. The molecule has 6 heteroatoms. The lowest BCUT2D eigenvalue weighted by Gasteiger charge is -2.22. The number of benzene rings is 2. The van der Waals surface area contributed by atoms with Crippen molar-refractivity contribution >= 4 is 23.2 Å². The lowest BCUT2D eigenvalue weighted by atomic mass is 9.90.